The molecule has 15 heavy (non-hydrogen) atoms. The first-order valence-corrected chi connectivity index (χ1v) is 5.34. The van der Waals surface area contributed by atoms with E-state index in [9.17, 15) is 5.11 Å². The Morgan fingerprint density at radius 2 is 1.93 bits per heavy atom. The fourth-order valence-corrected chi connectivity index (χ4v) is 1.50. The van der Waals surface area contributed by atoms with Crippen molar-refractivity contribution in [1.82, 2.24) is 0 Å². The summed E-state index contributed by atoms with van der Waals surface area (Å²) in [6, 6.07) is 10.1. The van der Waals surface area contributed by atoms with Crippen molar-refractivity contribution < 1.29 is 5.11 Å². The van der Waals surface area contributed by atoms with Gasteiger partial charge < -0.3 is 5.11 Å². The molecule has 2 atom stereocenters. The van der Waals surface area contributed by atoms with Gasteiger partial charge in [0, 0.05) is 5.92 Å². The van der Waals surface area contributed by atoms with Gasteiger partial charge in [0.25, 0.3) is 0 Å². The van der Waals surface area contributed by atoms with Gasteiger partial charge in [-0.05, 0) is 30.9 Å². The first-order chi connectivity index (χ1) is 7.17. The quantitative estimate of drug-likeness (QED) is 0.817. The number of rotatable bonds is 4. The highest BCUT2D eigenvalue weighted by Crippen LogP contribution is 2.21. The molecule has 1 N–H and O–H groups in total. The highest BCUT2D eigenvalue weighted by atomic mass is 16.3. The second-order valence-corrected chi connectivity index (χ2v) is 3.88. The van der Waals surface area contributed by atoms with Gasteiger partial charge in [0.1, 0.15) is 0 Å². The fraction of sp³-hybridized carbons (Fsp3) is 0.462. The highest BCUT2D eigenvalue weighted by Gasteiger charge is 2.11. The summed E-state index contributed by atoms with van der Waals surface area (Å²) < 4.78 is 0. The summed E-state index contributed by atoms with van der Waals surface area (Å²) in [6.45, 7) is 3.92. The molecule has 0 fully saturated rings. The predicted molar refractivity (Wildman–Crippen MR) is 60.2 cm³/mol. The van der Waals surface area contributed by atoms with E-state index in [1.54, 1.807) is 0 Å². The number of benzene rings is 1. The van der Waals surface area contributed by atoms with Crippen LogP contribution in [-0.4, -0.2) is 5.11 Å². The molecule has 0 aliphatic carbocycles. The molecule has 2 nitrogen and oxygen atoms in total. The van der Waals surface area contributed by atoms with Gasteiger partial charge in [-0.25, -0.2) is 0 Å². The SMILES string of the molecule is CCc1ccc(C(O)CC(C)C#N)cc1. The zero-order chi connectivity index (χ0) is 11.3. The van der Waals surface area contributed by atoms with Crippen molar-refractivity contribution in [1.29, 1.82) is 5.26 Å². The van der Waals surface area contributed by atoms with E-state index in [0.29, 0.717) is 6.42 Å². The molecule has 80 valence electrons. The molecular formula is C13H17NO. The Labute approximate surface area is 91.2 Å². The number of hydrogen-bond acceptors (Lipinski definition) is 2. The van der Waals surface area contributed by atoms with Crippen LogP contribution in [0.2, 0.25) is 0 Å². The van der Waals surface area contributed by atoms with Crippen molar-refractivity contribution in [3.8, 4) is 6.07 Å². The summed E-state index contributed by atoms with van der Waals surface area (Å²) in [5.74, 6) is -0.106. The zero-order valence-electron chi connectivity index (χ0n) is 9.27. The summed E-state index contributed by atoms with van der Waals surface area (Å²) in [5.41, 5.74) is 2.16. The lowest BCUT2D eigenvalue weighted by Crippen LogP contribution is -2.02. The van der Waals surface area contributed by atoms with Crippen LogP contribution in [0.4, 0.5) is 0 Å². The summed E-state index contributed by atoms with van der Waals surface area (Å²) >= 11 is 0. The largest absolute Gasteiger partial charge is 0.388 e. The minimum absolute atomic E-state index is 0.106. The third-order valence-electron chi connectivity index (χ3n) is 2.57. The first kappa shape index (κ1) is 11.7. The summed E-state index contributed by atoms with van der Waals surface area (Å²) in [6.07, 6.45) is 0.984. The van der Waals surface area contributed by atoms with Gasteiger partial charge in [-0.1, -0.05) is 31.2 Å². The lowest BCUT2D eigenvalue weighted by atomic mass is 9.98. The van der Waals surface area contributed by atoms with E-state index < -0.39 is 6.10 Å². The molecule has 0 aromatic heterocycles. The number of aryl methyl sites for hydroxylation is 1. The normalized spacial score (nSPS) is 14.3. The number of aliphatic hydroxyl groups excluding tert-OH is 1. The van der Waals surface area contributed by atoms with Crippen LogP contribution in [0.5, 0.6) is 0 Å². The minimum atomic E-state index is -0.523. The Hall–Kier alpha value is -1.33. The van der Waals surface area contributed by atoms with Gasteiger partial charge >= 0.3 is 0 Å². The van der Waals surface area contributed by atoms with Crippen LogP contribution in [0.1, 0.15) is 37.5 Å². The average molecular weight is 203 g/mol. The van der Waals surface area contributed by atoms with Crippen molar-refractivity contribution in [3.05, 3.63) is 35.4 Å². The van der Waals surface area contributed by atoms with Crippen LogP contribution in [0.15, 0.2) is 24.3 Å². The molecule has 0 heterocycles. The molecule has 2 heteroatoms. The number of hydrogen-bond donors (Lipinski definition) is 1. The third kappa shape index (κ3) is 3.38. The second kappa shape index (κ2) is 5.53. The van der Waals surface area contributed by atoms with Gasteiger partial charge in [0.05, 0.1) is 12.2 Å². The maximum absolute atomic E-state index is 9.83. The zero-order valence-corrected chi connectivity index (χ0v) is 9.27. The summed E-state index contributed by atoms with van der Waals surface area (Å²) in [5, 5.41) is 18.5. The molecule has 0 saturated carbocycles. The maximum atomic E-state index is 9.83. The Morgan fingerprint density at radius 1 is 1.33 bits per heavy atom. The first-order valence-electron chi connectivity index (χ1n) is 5.34. The van der Waals surface area contributed by atoms with Gasteiger partial charge in [0.2, 0.25) is 0 Å². The van der Waals surface area contributed by atoms with E-state index in [0.717, 1.165) is 12.0 Å². The van der Waals surface area contributed by atoms with Crippen molar-refractivity contribution in [2.24, 2.45) is 5.92 Å². The molecule has 0 spiro atoms. The number of aliphatic hydroxyl groups is 1. The standard InChI is InChI=1S/C13H17NO/c1-3-11-4-6-12(7-5-11)13(15)8-10(2)9-14/h4-7,10,13,15H,3,8H2,1-2H3. The molecule has 2 unspecified atom stereocenters. The van der Waals surface area contributed by atoms with E-state index >= 15 is 0 Å². The Morgan fingerprint density at radius 3 is 2.40 bits per heavy atom. The third-order valence-corrected chi connectivity index (χ3v) is 2.57. The van der Waals surface area contributed by atoms with E-state index in [-0.39, 0.29) is 5.92 Å². The maximum Gasteiger partial charge on any atom is 0.0802 e. The van der Waals surface area contributed by atoms with Crippen LogP contribution in [0, 0.1) is 17.2 Å². The molecule has 0 aliphatic rings. The van der Waals surface area contributed by atoms with Crippen molar-refractivity contribution in [2.75, 3.05) is 0 Å². The van der Waals surface area contributed by atoms with Crippen LogP contribution < -0.4 is 0 Å². The van der Waals surface area contributed by atoms with E-state index in [4.69, 9.17) is 5.26 Å². The van der Waals surface area contributed by atoms with Gasteiger partial charge in [-0.15, -0.1) is 0 Å². The monoisotopic (exact) mass is 203 g/mol. The number of nitriles is 1. The van der Waals surface area contributed by atoms with E-state index in [1.807, 2.05) is 31.2 Å². The van der Waals surface area contributed by atoms with Crippen LogP contribution in [0.25, 0.3) is 0 Å². The highest BCUT2D eigenvalue weighted by molar-refractivity contribution is 5.24. The van der Waals surface area contributed by atoms with Crippen LogP contribution in [0.3, 0.4) is 0 Å². The van der Waals surface area contributed by atoms with Crippen molar-refractivity contribution in [3.63, 3.8) is 0 Å². The molecule has 1 rings (SSSR count). The molecular weight excluding hydrogens is 186 g/mol. The van der Waals surface area contributed by atoms with Crippen molar-refractivity contribution >= 4 is 0 Å². The predicted octanol–water partition coefficient (Wildman–Crippen LogP) is 2.83. The molecule has 0 amide bonds. The number of nitrogens with zero attached hydrogens (tertiary/aromatic N) is 1. The van der Waals surface area contributed by atoms with Crippen LogP contribution >= 0.6 is 0 Å². The Balaban J connectivity index is 2.66. The van der Waals surface area contributed by atoms with E-state index in [1.165, 1.54) is 5.56 Å². The summed E-state index contributed by atoms with van der Waals surface area (Å²) in [4.78, 5) is 0. The van der Waals surface area contributed by atoms with Gasteiger partial charge in [-0.3, -0.25) is 0 Å². The van der Waals surface area contributed by atoms with Crippen LogP contribution in [-0.2, 0) is 6.42 Å². The second-order valence-electron chi connectivity index (χ2n) is 3.88. The van der Waals surface area contributed by atoms with Crippen molar-refractivity contribution in [2.45, 2.75) is 32.8 Å². The molecule has 1 aromatic rings. The minimum Gasteiger partial charge on any atom is -0.388 e. The van der Waals surface area contributed by atoms with Gasteiger partial charge in [-0.2, -0.15) is 5.26 Å². The smallest absolute Gasteiger partial charge is 0.0802 e. The average Bonchev–Trinajstić information content (AvgIpc) is 2.29. The lowest BCUT2D eigenvalue weighted by Gasteiger charge is -2.12. The molecule has 1 aromatic carbocycles. The molecule has 0 saturated heterocycles. The fourth-order valence-electron chi connectivity index (χ4n) is 1.50. The topological polar surface area (TPSA) is 44.0 Å². The molecule has 0 aliphatic heterocycles. The molecule has 0 radical (unpaired) electrons. The Kier molecular flexibility index (Phi) is 4.33. The molecule has 0 bridgehead atoms. The van der Waals surface area contributed by atoms with E-state index in [2.05, 4.69) is 13.0 Å². The lowest BCUT2D eigenvalue weighted by molar-refractivity contribution is 0.156. The summed E-state index contributed by atoms with van der Waals surface area (Å²) in [7, 11) is 0. The van der Waals surface area contributed by atoms with Gasteiger partial charge in [0.15, 0.2) is 0 Å². The Bertz CT molecular complexity index is 337.